The van der Waals surface area contributed by atoms with Crippen molar-refractivity contribution in [1.29, 1.82) is 0 Å². The molecule has 88 valence electrons. The standard InChI is InChI=1S/C13H15N3O/c1-3-7-14-11(5-1)10-17-13-9-12-6-2-4-8-16(12)15-13/h1,3,5,7,9H,2,4,6,8,10H2. The molecule has 0 saturated carbocycles. The van der Waals surface area contributed by atoms with Crippen LogP contribution in [0.2, 0.25) is 0 Å². The van der Waals surface area contributed by atoms with E-state index in [4.69, 9.17) is 4.74 Å². The second kappa shape index (κ2) is 4.57. The minimum atomic E-state index is 0.483. The summed E-state index contributed by atoms with van der Waals surface area (Å²) in [5.41, 5.74) is 2.21. The van der Waals surface area contributed by atoms with Gasteiger partial charge in [0.1, 0.15) is 6.61 Å². The first-order chi connectivity index (χ1) is 8.42. The highest BCUT2D eigenvalue weighted by atomic mass is 16.5. The molecule has 2 aromatic heterocycles. The monoisotopic (exact) mass is 229 g/mol. The third-order valence-electron chi connectivity index (χ3n) is 2.99. The molecule has 0 aliphatic carbocycles. The third kappa shape index (κ3) is 2.30. The molecule has 1 aliphatic rings. The maximum absolute atomic E-state index is 5.65. The van der Waals surface area contributed by atoms with Crippen molar-refractivity contribution >= 4 is 0 Å². The summed E-state index contributed by atoms with van der Waals surface area (Å²) in [6, 6.07) is 7.86. The van der Waals surface area contributed by atoms with Gasteiger partial charge in [0.15, 0.2) is 0 Å². The lowest BCUT2D eigenvalue weighted by Gasteiger charge is -2.11. The van der Waals surface area contributed by atoms with Gasteiger partial charge in [-0.15, -0.1) is 5.10 Å². The van der Waals surface area contributed by atoms with Gasteiger partial charge in [0.2, 0.25) is 5.88 Å². The van der Waals surface area contributed by atoms with E-state index in [1.54, 1.807) is 6.20 Å². The number of aryl methyl sites for hydroxylation is 2. The van der Waals surface area contributed by atoms with Crippen molar-refractivity contribution in [2.24, 2.45) is 0 Å². The number of rotatable bonds is 3. The lowest BCUT2D eigenvalue weighted by atomic mass is 10.1. The van der Waals surface area contributed by atoms with Crippen molar-refractivity contribution in [3.05, 3.63) is 41.9 Å². The van der Waals surface area contributed by atoms with Gasteiger partial charge in [-0.25, -0.2) is 0 Å². The van der Waals surface area contributed by atoms with Crippen molar-refractivity contribution in [2.45, 2.75) is 32.4 Å². The number of hydrogen-bond acceptors (Lipinski definition) is 3. The Morgan fingerprint density at radius 2 is 2.29 bits per heavy atom. The molecule has 0 saturated heterocycles. The summed E-state index contributed by atoms with van der Waals surface area (Å²) < 4.78 is 7.70. The van der Waals surface area contributed by atoms with Crippen LogP contribution in [0.4, 0.5) is 0 Å². The molecule has 0 radical (unpaired) electrons. The molecule has 0 spiro atoms. The van der Waals surface area contributed by atoms with Crippen LogP contribution in [-0.2, 0) is 19.6 Å². The Kier molecular flexibility index (Phi) is 2.78. The Morgan fingerprint density at radius 1 is 1.29 bits per heavy atom. The number of aromatic nitrogens is 3. The predicted molar refractivity (Wildman–Crippen MR) is 63.7 cm³/mol. The first kappa shape index (κ1) is 10.3. The Hall–Kier alpha value is -1.84. The van der Waals surface area contributed by atoms with Gasteiger partial charge in [-0.1, -0.05) is 6.07 Å². The number of ether oxygens (including phenoxy) is 1. The topological polar surface area (TPSA) is 39.9 Å². The summed E-state index contributed by atoms with van der Waals surface area (Å²) in [7, 11) is 0. The third-order valence-corrected chi connectivity index (χ3v) is 2.99. The fourth-order valence-electron chi connectivity index (χ4n) is 2.09. The smallest absolute Gasteiger partial charge is 0.233 e. The van der Waals surface area contributed by atoms with Crippen molar-refractivity contribution in [3.8, 4) is 5.88 Å². The van der Waals surface area contributed by atoms with E-state index in [2.05, 4.69) is 14.8 Å². The van der Waals surface area contributed by atoms with Gasteiger partial charge < -0.3 is 4.74 Å². The summed E-state index contributed by atoms with van der Waals surface area (Å²) in [4.78, 5) is 4.22. The van der Waals surface area contributed by atoms with Crippen molar-refractivity contribution in [3.63, 3.8) is 0 Å². The van der Waals surface area contributed by atoms with Crippen LogP contribution >= 0.6 is 0 Å². The molecule has 0 N–H and O–H groups in total. The number of pyridine rings is 1. The normalized spacial score (nSPS) is 14.4. The molecule has 0 aromatic carbocycles. The molecule has 0 atom stereocenters. The maximum Gasteiger partial charge on any atom is 0.233 e. The Morgan fingerprint density at radius 3 is 3.12 bits per heavy atom. The van der Waals surface area contributed by atoms with Gasteiger partial charge >= 0.3 is 0 Å². The summed E-state index contributed by atoms with van der Waals surface area (Å²) in [6.45, 7) is 1.50. The van der Waals surface area contributed by atoms with Crippen LogP contribution in [0.5, 0.6) is 5.88 Å². The molecule has 17 heavy (non-hydrogen) atoms. The summed E-state index contributed by atoms with van der Waals surface area (Å²) >= 11 is 0. The highest BCUT2D eigenvalue weighted by Crippen LogP contribution is 2.19. The highest BCUT2D eigenvalue weighted by molar-refractivity contribution is 5.17. The molecule has 0 unspecified atom stereocenters. The minimum Gasteiger partial charge on any atom is -0.470 e. The van der Waals surface area contributed by atoms with Crippen LogP contribution in [0.15, 0.2) is 30.5 Å². The maximum atomic E-state index is 5.65. The first-order valence-corrected chi connectivity index (χ1v) is 6.01. The van der Waals surface area contributed by atoms with E-state index in [1.807, 2.05) is 24.3 Å². The Labute approximate surface area is 100 Å². The molecule has 2 aromatic rings. The fraction of sp³-hybridized carbons (Fsp3) is 0.385. The molecular formula is C13H15N3O. The largest absolute Gasteiger partial charge is 0.470 e. The SMILES string of the molecule is c1ccc(COc2cc3n(n2)CCCC3)nc1. The number of nitrogens with zero attached hydrogens (tertiary/aromatic N) is 3. The fourth-order valence-corrected chi connectivity index (χ4v) is 2.09. The summed E-state index contributed by atoms with van der Waals surface area (Å²) in [5.74, 6) is 0.715. The minimum absolute atomic E-state index is 0.483. The molecular weight excluding hydrogens is 214 g/mol. The second-order valence-electron chi connectivity index (χ2n) is 4.26. The molecule has 1 aliphatic heterocycles. The van der Waals surface area contributed by atoms with Gasteiger partial charge in [0, 0.05) is 24.5 Å². The lowest BCUT2D eigenvalue weighted by molar-refractivity contribution is 0.284. The predicted octanol–water partition coefficient (Wildman–Crippen LogP) is 2.19. The molecule has 3 heterocycles. The average molecular weight is 229 g/mol. The van der Waals surface area contributed by atoms with Gasteiger partial charge in [-0.2, -0.15) is 0 Å². The molecule has 4 nitrogen and oxygen atoms in total. The Balaban J connectivity index is 1.67. The average Bonchev–Trinajstić information content (AvgIpc) is 2.80. The summed E-state index contributed by atoms with van der Waals surface area (Å²) in [5, 5.41) is 4.43. The van der Waals surface area contributed by atoms with E-state index in [9.17, 15) is 0 Å². The van der Waals surface area contributed by atoms with Gasteiger partial charge in [0.25, 0.3) is 0 Å². The molecule has 3 rings (SSSR count). The zero-order valence-electron chi connectivity index (χ0n) is 9.67. The lowest BCUT2D eigenvalue weighted by Crippen LogP contribution is -2.10. The van der Waals surface area contributed by atoms with Crippen LogP contribution < -0.4 is 4.74 Å². The van der Waals surface area contributed by atoms with Gasteiger partial charge in [0.05, 0.1) is 5.69 Å². The van der Waals surface area contributed by atoms with E-state index in [0.29, 0.717) is 12.5 Å². The molecule has 0 bridgehead atoms. The quantitative estimate of drug-likeness (QED) is 0.810. The van der Waals surface area contributed by atoms with E-state index in [1.165, 1.54) is 18.5 Å². The van der Waals surface area contributed by atoms with E-state index < -0.39 is 0 Å². The van der Waals surface area contributed by atoms with Crippen molar-refractivity contribution < 1.29 is 4.74 Å². The second-order valence-corrected chi connectivity index (χ2v) is 4.26. The van der Waals surface area contributed by atoms with Crippen LogP contribution in [0.25, 0.3) is 0 Å². The number of fused-ring (bicyclic) bond motifs is 1. The summed E-state index contributed by atoms with van der Waals surface area (Å²) in [6.07, 6.45) is 5.36. The van der Waals surface area contributed by atoms with E-state index >= 15 is 0 Å². The van der Waals surface area contributed by atoms with Crippen LogP contribution in [-0.4, -0.2) is 14.8 Å². The first-order valence-electron chi connectivity index (χ1n) is 6.01. The van der Waals surface area contributed by atoms with Crippen LogP contribution in [0, 0.1) is 0 Å². The van der Waals surface area contributed by atoms with Crippen molar-refractivity contribution in [2.75, 3.05) is 0 Å². The zero-order valence-corrected chi connectivity index (χ0v) is 9.67. The molecule has 4 heteroatoms. The van der Waals surface area contributed by atoms with Crippen LogP contribution in [0.1, 0.15) is 24.2 Å². The van der Waals surface area contributed by atoms with Crippen LogP contribution in [0.3, 0.4) is 0 Å². The Bertz CT molecular complexity index is 469. The van der Waals surface area contributed by atoms with E-state index in [-0.39, 0.29) is 0 Å². The zero-order chi connectivity index (χ0) is 11.5. The molecule has 0 fully saturated rings. The highest BCUT2D eigenvalue weighted by Gasteiger charge is 2.12. The number of hydrogen-bond donors (Lipinski definition) is 0. The van der Waals surface area contributed by atoms with E-state index in [0.717, 1.165) is 18.7 Å². The van der Waals surface area contributed by atoms with Gasteiger partial charge in [-0.05, 0) is 31.4 Å². The molecule has 0 amide bonds. The van der Waals surface area contributed by atoms with Gasteiger partial charge in [-0.3, -0.25) is 9.67 Å². The van der Waals surface area contributed by atoms with Crippen molar-refractivity contribution in [1.82, 2.24) is 14.8 Å².